The smallest absolute Gasteiger partial charge is 0.326 e. The molecule has 6 nitrogen and oxygen atoms in total. The van der Waals surface area contributed by atoms with Gasteiger partial charge in [-0.15, -0.1) is 0 Å². The molecule has 0 radical (unpaired) electrons. The van der Waals surface area contributed by atoms with Gasteiger partial charge in [0.15, 0.2) is 0 Å². The van der Waals surface area contributed by atoms with E-state index < -0.39 is 17.9 Å². The normalized spacial score (nSPS) is 28.2. The number of carboxylic acids is 1. The molecule has 33 heavy (non-hydrogen) atoms. The Hall–Kier alpha value is -3.15. The summed E-state index contributed by atoms with van der Waals surface area (Å²) in [5, 5.41) is 15.4. The third-order valence-corrected chi connectivity index (χ3v) is 7.83. The Morgan fingerprint density at radius 3 is 2.06 bits per heavy atom. The van der Waals surface area contributed by atoms with Crippen LogP contribution < -0.4 is 10.6 Å². The number of amides is 2. The summed E-state index contributed by atoms with van der Waals surface area (Å²) in [6.07, 6.45) is 6.77. The van der Waals surface area contributed by atoms with E-state index in [0.717, 1.165) is 24.8 Å². The standard InChI is InChI=1S/C27H30N2O4/c30-24(28-23(25(31)32)13-17-6-2-1-3-7-17)21-8-4-5-9-22(21)29-26(33)27-14-18-10-19(15-27)12-20(11-18)16-27/h1-9,18-20,23H,10-16H2,(H,28,30)(H,29,33)(H,31,32). The molecule has 3 N–H and O–H groups in total. The van der Waals surface area contributed by atoms with Gasteiger partial charge in [0.05, 0.1) is 16.7 Å². The third-order valence-electron chi connectivity index (χ3n) is 7.83. The van der Waals surface area contributed by atoms with Gasteiger partial charge in [-0.3, -0.25) is 9.59 Å². The number of hydrogen-bond donors (Lipinski definition) is 3. The first-order chi connectivity index (χ1) is 15.9. The first-order valence-electron chi connectivity index (χ1n) is 11.9. The van der Waals surface area contributed by atoms with Crippen molar-refractivity contribution in [3.05, 3.63) is 65.7 Å². The topological polar surface area (TPSA) is 95.5 Å². The van der Waals surface area contributed by atoms with E-state index in [9.17, 15) is 19.5 Å². The van der Waals surface area contributed by atoms with Crippen molar-refractivity contribution >= 4 is 23.5 Å². The number of anilines is 1. The maximum absolute atomic E-state index is 13.5. The highest BCUT2D eigenvalue weighted by molar-refractivity contribution is 6.06. The predicted molar refractivity (Wildman–Crippen MR) is 125 cm³/mol. The fraction of sp³-hybridized carbons (Fsp3) is 0.444. The number of carboxylic acid groups (broad SMARTS) is 1. The molecule has 4 fully saturated rings. The maximum Gasteiger partial charge on any atom is 0.326 e. The van der Waals surface area contributed by atoms with E-state index in [1.54, 1.807) is 24.3 Å². The van der Waals surface area contributed by atoms with Gasteiger partial charge in [0.2, 0.25) is 5.91 Å². The number of hydrogen-bond acceptors (Lipinski definition) is 3. The molecule has 2 amide bonds. The number of rotatable bonds is 7. The number of nitrogens with one attached hydrogen (secondary N) is 2. The summed E-state index contributed by atoms with van der Waals surface area (Å²) in [5.74, 6) is 0.363. The molecule has 6 heteroatoms. The molecule has 2 aromatic rings. The predicted octanol–water partition coefficient (Wildman–Crippen LogP) is 4.27. The lowest BCUT2D eigenvalue weighted by molar-refractivity contribution is -0.140. The van der Waals surface area contributed by atoms with Crippen LogP contribution in [0.3, 0.4) is 0 Å². The van der Waals surface area contributed by atoms with Crippen LogP contribution in [-0.4, -0.2) is 28.9 Å². The molecule has 4 bridgehead atoms. The van der Waals surface area contributed by atoms with E-state index in [-0.39, 0.29) is 23.3 Å². The Morgan fingerprint density at radius 2 is 1.45 bits per heavy atom. The summed E-state index contributed by atoms with van der Waals surface area (Å²) in [6.45, 7) is 0. The van der Waals surface area contributed by atoms with Crippen molar-refractivity contribution in [3.8, 4) is 0 Å². The van der Waals surface area contributed by atoms with Crippen molar-refractivity contribution in [1.82, 2.24) is 5.32 Å². The molecule has 0 spiro atoms. The fourth-order valence-corrected chi connectivity index (χ4v) is 6.72. The van der Waals surface area contributed by atoms with Crippen molar-refractivity contribution in [3.63, 3.8) is 0 Å². The molecule has 0 saturated heterocycles. The molecule has 172 valence electrons. The molecular weight excluding hydrogens is 416 g/mol. The first-order valence-corrected chi connectivity index (χ1v) is 11.9. The van der Waals surface area contributed by atoms with E-state index in [1.165, 1.54) is 19.3 Å². The van der Waals surface area contributed by atoms with Gasteiger partial charge in [-0.1, -0.05) is 42.5 Å². The highest BCUT2D eigenvalue weighted by Gasteiger charge is 2.54. The molecule has 4 saturated carbocycles. The van der Waals surface area contributed by atoms with Gasteiger partial charge < -0.3 is 15.7 Å². The molecule has 0 aromatic heterocycles. The second-order valence-corrected chi connectivity index (χ2v) is 10.3. The highest BCUT2D eigenvalue weighted by Crippen LogP contribution is 2.60. The lowest BCUT2D eigenvalue weighted by Gasteiger charge is -2.55. The number of aliphatic carboxylic acids is 1. The van der Waals surface area contributed by atoms with Crippen LogP contribution in [0.5, 0.6) is 0 Å². The van der Waals surface area contributed by atoms with Crippen molar-refractivity contribution in [2.24, 2.45) is 23.2 Å². The van der Waals surface area contributed by atoms with Gasteiger partial charge >= 0.3 is 5.97 Å². The third kappa shape index (κ3) is 4.39. The van der Waals surface area contributed by atoms with E-state index >= 15 is 0 Å². The molecule has 1 atom stereocenters. The van der Waals surface area contributed by atoms with Gasteiger partial charge in [-0.05, 0) is 74.0 Å². The zero-order chi connectivity index (χ0) is 23.0. The average molecular weight is 447 g/mol. The molecular formula is C27H30N2O4. The minimum Gasteiger partial charge on any atom is -0.480 e. The maximum atomic E-state index is 13.5. The first kappa shape index (κ1) is 21.7. The zero-order valence-corrected chi connectivity index (χ0v) is 18.6. The number of benzene rings is 2. The van der Waals surface area contributed by atoms with Crippen LogP contribution in [0, 0.1) is 23.2 Å². The van der Waals surface area contributed by atoms with Crippen LogP contribution >= 0.6 is 0 Å². The van der Waals surface area contributed by atoms with E-state index in [0.29, 0.717) is 23.4 Å². The minimum atomic E-state index is -1.10. The number of carbonyl (C=O) groups excluding carboxylic acids is 2. The Morgan fingerprint density at radius 1 is 0.879 bits per heavy atom. The Kier molecular flexibility index (Phi) is 5.69. The van der Waals surface area contributed by atoms with Crippen LogP contribution in [0.25, 0.3) is 0 Å². The molecule has 2 aromatic carbocycles. The molecule has 4 aliphatic carbocycles. The second-order valence-electron chi connectivity index (χ2n) is 10.3. The molecule has 0 aliphatic heterocycles. The highest BCUT2D eigenvalue weighted by atomic mass is 16.4. The summed E-state index contributed by atoms with van der Waals surface area (Å²) in [6, 6.07) is 15.0. The lowest BCUT2D eigenvalue weighted by Crippen LogP contribution is -2.52. The minimum absolute atomic E-state index is 0.0147. The van der Waals surface area contributed by atoms with Crippen molar-refractivity contribution in [2.45, 2.75) is 51.0 Å². The van der Waals surface area contributed by atoms with E-state index in [4.69, 9.17) is 0 Å². The molecule has 0 heterocycles. The second kappa shape index (κ2) is 8.65. The van der Waals surface area contributed by atoms with E-state index in [1.807, 2.05) is 30.3 Å². The molecule has 1 unspecified atom stereocenters. The van der Waals surface area contributed by atoms with Crippen molar-refractivity contribution in [1.29, 1.82) is 0 Å². The zero-order valence-electron chi connectivity index (χ0n) is 18.6. The Bertz CT molecular complexity index is 1030. The number of carbonyl (C=O) groups is 3. The van der Waals surface area contributed by atoms with E-state index in [2.05, 4.69) is 10.6 Å². The van der Waals surface area contributed by atoms with Crippen molar-refractivity contribution < 1.29 is 19.5 Å². The Balaban J connectivity index is 1.31. The van der Waals surface area contributed by atoms with Gasteiger partial charge in [-0.2, -0.15) is 0 Å². The van der Waals surface area contributed by atoms with Crippen LogP contribution in [0.4, 0.5) is 5.69 Å². The van der Waals surface area contributed by atoms with Crippen molar-refractivity contribution in [2.75, 3.05) is 5.32 Å². The largest absolute Gasteiger partial charge is 0.480 e. The Labute approximate surface area is 193 Å². The van der Waals surface area contributed by atoms with Crippen LogP contribution in [0.1, 0.15) is 54.4 Å². The summed E-state index contributed by atoms with van der Waals surface area (Å²) in [7, 11) is 0. The SMILES string of the molecule is O=C(NC(Cc1ccccc1)C(=O)O)c1ccccc1NC(=O)C12CC3CC(CC(C3)C1)C2. The fourth-order valence-electron chi connectivity index (χ4n) is 6.72. The summed E-state index contributed by atoms with van der Waals surface area (Å²) in [4.78, 5) is 38.4. The van der Waals surface area contributed by atoms with Crippen LogP contribution in [-0.2, 0) is 16.0 Å². The van der Waals surface area contributed by atoms with Gasteiger partial charge in [0.1, 0.15) is 6.04 Å². The monoisotopic (exact) mass is 446 g/mol. The van der Waals surface area contributed by atoms with Gasteiger partial charge in [-0.25, -0.2) is 4.79 Å². The van der Waals surface area contributed by atoms with Crippen LogP contribution in [0.2, 0.25) is 0 Å². The average Bonchev–Trinajstić information content (AvgIpc) is 2.78. The van der Waals surface area contributed by atoms with Crippen LogP contribution in [0.15, 0.2) is 54.6 Å². The van der Waals surface area contributed by atoms with Gasteiger partial charge in [0, 0.05) is 6.42 Å². The summed E-state index contributed by atoms with van der Waals surface area (Å²) in [5.41, 5.74) is 1.23. The molecule has 6 rings (SSSR count). The number of para-hydroxylation sites is 1. The molecule has 4 aliphatic rings. The summed E-state index contributed by atoms with van der Waals surface area (Å²) < 4.78 is 0. The lowest BCUT2D eigenvalue weighted by atomic mass is 9.49. The van der Waals surface area contributed by atoms with Gasteiger partial charge in [0.25, 0.3) is 5.91 Å². The quantitative estimate of drug-likeness (QED) is 0.592. The summed E-state index contributed by atoms with van der Waals surface area (Å²) >= 11 is 0.